The molecule has 0 spiro atoms. The van der Waals surface area contributed by atoms with Gasteiger partial charge in [-0.15, -0.1) is 0 Å². The summed E-state index contributed by atoms with van der Waals surface area (Å²) in [5.41, 5.74) is 5.04. The van der Waals surface area contributed by atoms with Crippen molar-refractivity contribution in [2.75, 3.05) is 6.26 Å². The van der Waals surface area contributed by atoms with Gasteiger partial charge in [-0.2, -0.15) is 0 Å². The molecular formula is C10H12N2O6S. The van der Waals surface area contributed by atoms with Gasteiger partial charge in [0, 0.05) is 23.9 Å². The van der Waals surface area contributed by atoms with Gasteiger partial charge in [-0.05, 0) is 12.1 Å². The van der Waals surface area contributed by atoms with Gasteiger partial charge in [0.15, 0.2) is 9.84 Å². The molecule has 0 amide bonds. The quantitative estimate of drug-likeness (QED) is 0.592. The molecule has 0 aromatic heterocycles. The summed E-state index contributed by atoms with van der Waals surface area (Å²) in [6.07, 6.45) is 0.433. The zero-order valence-electron chi connectivity index (χ0n) is 9.94. The summed E-state index contributed by atoms with van der Waals surface area (Å²) in [5.74, 6) is -1.20. The Morgan fingerprint density at radius 3 is 2.53 bits per heavy atom. The van der Waals surface area contributed by atoms with E-state index in [9.17, 15) is 23.3 Å². The standard InChI is InChI=1S/C10H12N2O6S/c1-19(17,18)6-2-3-7(8(11)5-10(13)14)9(4-6)12(15)16/h2-4,8H,5,11H2,1H3,(H,13,14). The number of carbonyl (C=O) groups is 1. The number of carboxylic acids is 1. The third-order valence-corrected chi connectivity index (χ3v) is 3.53. The number of hydrogen-bond donors (Lipinski definition) is 2. The number of rotatable bonds is 5. The second-order valence-corrected chi connectivity index (χ2v) is 5.97. The Morgan fingerprint density at radius 1 is 1.53 bits per heavy atom. The van der Waals surface area contributed by atoms with Crippen LogP contribution >= 0.6 is 0 Å². The van der Waals surface area contributed by atoms with Crippen molar-refractivity contribution in [2.45, 2.75) is 17.4 Å². The van der Waals surface area contributed by atoms with Crippen molar-refractivity contribution in [2.24, 2.45) is 5.73 Å². The molecule has 0 heterocycles. The van der Waals surface area contributed by atoms with Crippen molar-refractivity contribution in [1.82, 2.24) is 0 Å². The first-order valence-electron chi connectivity index (χ1n) is 5.08. The first kappa shape index (κ1) is 15.1. The molecule has 8 nitrogen and oxygen atoms in total. The molecule has 1 atom stereocenters. The van der Waals surface area contributed by atoms with Crippen LogP contribution in [-0.4, -0.2) is 30.7 Å². The lowest BCUT2D eigenvalue weighted by atomic mass is 10.0. The molecule has 0 bridgehead atoms. The lowest BCUT2D eigenvalue weighted by Crippen LogP contribution is -2.16. The second kappa shape index (κ2) is 5.33. The SMILES string of the molecule is CS(=O)(=O)c1ccc(C(N)CC(=O)O)c([N+](=O)[O-])c1. The van der Waals surface area contributed by atoms with Gasteiger partial charge in [-0.1, -0.05) is 0 Å². The van der Waals surface area contributed by atoms with Gasteiger partial charge < -0.3 is 10.8 Å². The van der Waals surface area contributed by atoms with Crippen LogP contribution in [0.4, 0.5) is 5.69 Å². The number of nitrogens with two attached hydrogens (primary N) is 1. The fraction of sp³-hybridized carbons (Fsp3) is 0.300. The van der Waals surface area contributed by atoms with Gasteiger partial charge in [-0.25, -0.2) is 8.42 Å². The highest BCUT2D eigenvalue weighted by Crippen LogP contribution is 2.28. The summed E-state index contributed by atoms with van der Waals surface area (Å²) < 4.78 is 22.6. The van der Waals surface area contributed by atoms with E-state index in [1.54, 1.807) is 0 Å². The maximum absolute atomic E-state index is 11.3. The minimum absolute atomic E-state index is 0.0141. The van der Waals surface area contributed by atoms with E-state index in [0.29, 0.717) is 0 Å². The molecular weight excluding hydrogens is 276 g/mol. The number of sulfone groups is 1. The predicted octanol–water partition coefficient (Wildman–Crippen LogP) is 0.473. The van der Waals surface area contributed by atoms with E-state index in [-0.39, 0.29) is 10.5 Å². The highest BCUT2D eigenvalue weighted by atomic mass is 32.2. The van der Waals surface area contributed by atoms with Crippen molar-refractivity contribution in [3.8, 4) is 0 Å². The number of carboxylic acid groups (broad SMARTS) is 1. The van der Waals surface area contributed by atoms with Gasteiger partial charge in [0.05, 0.1) is 16.2 Å². The number of benzene rings is 1. The lowest BCUT2D eigenvalue weighted by Gasteiger charge is -2.10. The third kappa shape index (κ3) is 3.73. The Kier molecular flexibility index (Phi) is 4.22. The molecule has 0 saturated carbocycles. The highest BCUT2D eigenvalue weighted by Gasteiger charge is 2.23. The van der Waals surface area contributed by atoms with Gasteiger partial charge in [-0.3, -0.25) is 14.9 Å². The summed E-state index contributed by atoms with van der Waals surface area (Å²) in [6.45, 7) is 0. The van der Waals surface area contributed by atoms with Crippen LogP contribution in [0.2, 0.25) is 0 Å². The van der Waals surface area contributed by atoms with Crippen LogP contribution in [0, 0.1) is 10.1 Å². The van der Waals surface area contributed by atoms with Crippen molar-refractivity contribution in [1.29, 1.82) is 0 Å². The first-order valence-corrected chi connectivity index (χ1v) is 6.98. The van der Waals surface area contributed by atoms with Crippen molar-refractivity contribution in [3.05, 3.63) is 33.9 Å². The maximum atomic E-state index is 11.3. The van der Waals surface area contributed by atoms with Crippen LogP contribution in [0.15, 0.2) is 23.1 Å². The molecule has 0 aliphatic heterocycles. The molecule has 0 aliphatic rings. The molecule has 1 aromatic carbocycles. The lowest BCUT2D eigenvalue weighted by molar-refractivity contribution is -0.385. The zero-order chi connectivity index (χ0) is 14.8. The number of hydrogen-bond acceptors (Lipinski definition) is 6. The van der Waals surface area contributed by atoms with E-state index in [1.165, 1.54) is 12.1 Å². The number of aliphatic carboxylic acids is 1. The van der Waals surface area contributed by atoms with E-state index in [0.717, 1.165) is 12.3 Å². The van der Waals surface area contributed by atoms with Gasteiger partial charge in [0.2, 0.25) is 0 Å². The van der Waals surface area contributed by atoms with Gasteiger partial charge in [0.1, 0.15) is 0 Å². The predicted molar refractivity (Wildman–Crippen MR) is 65.4 cm³/mol. The summed E-state index contributed by atoms with van der Waals surface area (Å²) in [4.78, 5) is 20.4. The van der Waals surface area contributed by atoms with Crippen LogP contribution < -0.4 is 5.73 Å². The van der Waals surface area contributed by atoms with Crippen molar-refractivity contribution < 1.29 is 23.2 Å². The Bertz CT molecular complexity index is 625. The van der Waals surface area contributed by atoms with Gasteiger partial charge in [0.25, 0.3) is 5.69 Å². The first-order chi connectivity index (χ1) is 8.62. The highest BCUT2D eigenvalue weighted by molar-refractivity contribution is 7.90. The Hall–Kier alpha value is -2.00. The van der Waals surface area contributed by atoms with E-state index in [4.69, 9.17) is 10.8 Å². The zero-order valence-corrected chi connectivity index (χ0v) is 10.8. The fourth-order valence-corrected chi connectivity index (χ4v) is 2.16. The fourth-order valence-electron chi connectivity index (χ4n) is 1.52. The molecule has 0 saturated heterocycles. The smallest absolute Gasteiger partial charge is 0.305 e. The summed E-state index contributed by atoms with van der Waals surface area (Å²) in [5, 5.41) is 19.5. The number of nitro groups is 1. The topological polar surface area (TPSA) is 141 Å². The molecule has 3 N–H and O–H groups in total. The molecule has 1 rings (SSSR count). The summed E-state index contributed by atoms with van der Waals surface area (Å²) >= 11 is 0. The van der Waals surface area contributed by atoms with Crippen molar-refractivity contribution in [3.63, 3.8) is 0 Å². The number of nitro benzene ring substituents is 1. The van der Waals surface area contributed by atoms with Crippen LogP contribution in [0.3, 0.4) is 0 Å². The van der Waals surface area contributed by atoms with E-state index >= 15 is 0 Å². The van der Waals surface area contributed by atoms with Crippen molar-refractivity contribution >= 4 is 21.5 Å². The molecule has 19 heavy (non-hydrogen) atoms. The van der Waals surface area contributed by atoms with Crippen LogP contribution in [0.5, 0.6) is 0 Å². The molecule has 1 aromatic rings. The molecule has 9 heteroatoms. The molecule has 0 aliphatic carbocycles. The average Bonchev–Trinajstić information content (AvgIpc) is 2.25. The monoisotopic (exact) mass is 288 g/mol. The minimum Gasteiger partial charge on any atom is -0.481 e. The van der Waals surface area contributed by atoms with Crippen LogP contribution in [-0.2, 0) is 14.6 Å². The normalized spacial score (nSPS) is 12.9. The molecule has 0 radical (unpaired) electrons. The molecule has 1 unspecified atom stereocenters. The van der Waals surface area contributed by atoms with E-state index in [1.807, 2.05) is 0 Å². The summed E-state index contributed by atoms with van der Waals surface area (Å²) in [6, 6.07) is 2.14. The number of nitrogens with zero attached hydrogens (tertiary/aromatic N) is 1. The Labute approximate surface area is 108 Å². The Morgan fingerprint density at radius 2 is 2.11 bits per heavy atom. The van der Waals surface area contributed by atoms with Crippen LogP contribution in [0.1, 0.15) is 18.0 Å². The van der Waals surface area contributed by atoms with Gasteiger partial charge >= 0.3 is 5.97 Å². The van der Waals surface area contributed by atoms with Crippen LogP contribution in [0.25, 0.3) is 0 Å². The minimum atomic E-state index is -3.59. The Balaban J connectivity index is 3.34. The molecule has 104 valence electrons. The van der Waals surface area contributed by atoms with E-state index in [2.05, 4.69) is 0 Å². The molecule has 0 fully saturated rings. The average molecular weight is 288 g/mol. The second-order valence-electron chi connectivity index (χ2n) is 3.95. The van der Waals surface area contributed by atoms with E-state index < -0.39 is 38.9 Å². The largest absolute Gasteiger partial charge is 0.481 e. The third-order valence-electron chi connectivity index (χ3n) is 2.42. The maximum Gasteiger partial charge on any atom is 0.305 e. The summed E-state index contributed by atoms with van der Waals surface area (Å²) in [7, 11) is -3.59.